The fourth-order valence-electron chi connectivity index (χ4n) is 2.67. The van der Waals surface area contributed by atoms with E-state index in [4.69, 9.17) is 5.73 Å². The quantitative estimate of drug-likeness (QED) is 0.807. The molecule has 0 bridgehead atoms. The second-order valence-electron chi connectivity index (χ2n) is 6.20. The van der Waals surface area contributed by atoms with Gasteiger partial charge in [-0.15, -0.1) is 0 Å². The molecule has 4 heteroatoms. The first-order valence-corrected chi connectivity index (χ1v) is 7.21. The first-order valence-electron chi connectivity index (χ1n) is 7.21. The smallest absolute Gasteiger partial charge is 0.253 e. The van der Waals surface area contributed by atoms with Crippen LogP contribution < -0.4 is 5.73 Å². The molecule has 3 nitrogen and oxygen atoms in total. The van der Waals surface area contributed by atoms with Crippen molar-refractivity contribution in [2.45, 2.75) is 26.7 Å². The van der Waals surface area contributed by atoms with Crippen LogP contribution in [0.5, 0.6) is 0 Å². The van der Waals surface area contributed by atoms with Crippen molar-refractivity contribution < 1.29 is 9.18 Å². The second kappa shape index (κ2) is 6.28. The van der Waals surface area contributed by atoms with Crippen LogP contribution in [0, 0.1) is 23.1 Å². The van der Waals surface area contributed by atoms with E-state index in [0.717, 1.165) is 19.4 Å². The number of halogens is 1. The van der Waals surface area contributed by atoms with Crippen molar-refractivity contribution in [2.75, 3.05) is 19.6 Å². The molecule has 21 heavy (non-hydrogen) atoms. The number of carbonyl (C=O) groups is 1. The van der Waals surface area contributed by atoms with Crippen LogP contribution in [0.3, 0.4) is 0 Å². The fraction of sp³-hybridized carbons (Fsp3) is 0.471. The predicted octanol–water partition coefficient (Wildman–Crippen LogP) is 2.40. The topological polar surface area (TPSA) is 46.3 Å². The highest BCUT2D eigenvalue weighted by molar-refractivity contribution is 5.94. The Morgan fingerprint density at radius 3 is 2.86 bits per heavy atom. The number of carbonyl (C=O) groups excluding carboxylic acids is 1. The molecule has 0 aromatic heterocycles. The number of benzene rings is 1. The zero-order valence-corrected chi connectivity index (χ0v) is 12.6. The molecule has 0 atom stereocenters. The summed E-state index contributed by atoms with van der Waals surface area (Å²) in [5.74, 6) is 4.68. The molecule has 1 aromatic carbocycles. The highest BCUT2D eigenvalue weighted by Gasteiger charge is 2.29. The van der Waals surface area contributed by atoms with Gasteiger partial charge in [-0.05, 0) is 36.5 Å². The van der Waals surface area contributed by atoms with Crippen LogP contribution in [0.2, 0.25) is 0 Å². The molecule has 0 spiro atoms. The van der Waals surface area contributed by atoms with E-state index in [-0.39, 0.29) is 23.4 Å². The molecule has 1 aromatic rings. The van der Waals surface area contributed by atoms with Gasteiger partial charge in [0.1, 0.15) is 5.82 Å². The van der Waals surface area contributed by atoms with Gasteiger partial charge in [-0.25, -0.2) is 4.39 Å². The highest BCUT2D eigenvalue weighted by atomic mass is 19.1. The SMILES string of the molecule is CC1(C)CCCN(C(=O)c2ccc(C#CCN)c(F)c2)C1. The Hall–Kier alpha value is -1.86. The van der Waals surface area contributed by atoms with E-state index in [1.807, 2.05) is 4.90 Å². The van der Waals surface area contributed by atoms with E-state index in [9.17, 15) is 9.18 Å². The molecule has 0 saturated carbocycles. The summed E-state index contributed by atoms with van der Waals surface area (Å²) >= 11 is 0. The Balaban J connectivity index is 2.18. The maximum Gasteiger partial charge on any atom is 0.253 e. The molecule has 2 rings (SSSR count). The van der Waals surface area contributed by atoms with Gasteiger partial charge in [-0.1, -0.05) is 25.7 Å². The fourth-order valence-corrected chi connectivity index (χ4v) is 2.67. The minimum Gasteiger partial charge on any atom is -0.338 e. The summed E-state index contributed by atoms with van der Waals surface area (Å²) in [4.78, 5) is 14.3. The largest absolute Gasteiger partial charge is 0.338 e. The van der Waals surface area contributed by atoms with Gasteiger partial charge in [0.15, 0.2) is 0 Å². The lowest BCUT2D eigenvalue weighted by Crippen LogP contribution is -2.43. The van der Waals surface area contributed by atoms with E-state index in [0.29, 0.717) is 12.1 Å². The van der Waals surface area contributed by atoms with Gasteiger partial charge in [0.2, 0.25) is 0 Å². The van der Waals surface area contributed by atoms with E-state index >= 15 is 0 Å². The summed E-state index contributed by atoms with van der Waals surface area (Å²) in [6, 6.07) is 4.44. The third-order valence-corrected chi connectivity index (χ3v) is 3.73. The number of rotatable bonds is 1. The molecular weight excluding hydrogens is 267 g/mol. The number of hydrogen-bond donors (Lipinski definition) is 1. The molecule has 1 amide bonds. The number of nitrogens with zero attached hydrogens (tertiary/aromatic N) is 1. The van der Waals surface area contributed by atoms with E-state index in [2.05, 4.69) is 25.7 Å². The molecule has 1 saturated heterocycles. The monoisotopic (exact) mass is 288 g/mol. The number of likely N-dealkylation sites (tertiary alicyclic amines) is 1. The first kappa shape index (κ1) is 15.5. The normalized spacial score (nSPS) is 17.0. The third kappa shape index (κ3) is 3.83. The van der Waals surface area contributed by atoms with Gasteiger partial charge in [0, 0.05) is 18.7 Å². The van der Waals surface area contributed by atoms with E-state index in [1.165, 1.54) is 6.07 Å². The van der Waals surface area contributed by atoms with Crippen LogP contribution >= 0.6 is 0 Å². The summed E-state index contributed by atoms with van der Waals surface area (Å²) in [7, 11) is 0. The summed E-state index contributed by atoms with van der Waals surface area (Å²) in [6.07, 6.45) is 2.10. The minimum atomic E-state index is -0.474. The van der Waals surface area contributed by atoms with Crippen molar-refractivity contribution in [3.63, 3.8) is 0 Å². The van der Waals surface area contributed by atoms with Gasteiger partial charge in [0.05, 0.1) is 12.1 Å². The maximum atomic E-state index is 13.9. The summed E-state index contributed by atoms with van der Waals surface area (Å²) < 4.78 is 13.9. The lowest BCUT2D eigenvalue weighted by Gasteiger charge is -2.38. The molecule has 1 fully saturated rings. The van der Waals surface area contributed by atoms with Crippen LogP contribution in [-0.2, 0) is 0 Å². The molecule has 2 N–H and O–H groups in total. The Bertz CT molecular complexity index is 599. The summed E-state index contributed by atoms with van der Waals surface area (Å²) in [5.41, 5.74) is 6.05. The van der Waals surface area contributed by atoms with Crippen molar-refractivity contribution in [3.8, 4) is 11.8 Å². The van der Waals surface area contributed by atoms with Crippen LogP contribution in [0.15, 0.2) is 18.2 Å². The number of amides is 1. The van der Waals surface area contributed by atoms with Crippen molar-refractivity contribution in [1.82, 2.24) is 4.90 Å². The molecular formula is C17H21FN2O. The van der Waals surface area contributed by atoms with Gasteiger partial charge >= 0.3 is 0 Å². The van der Waals surface area contributed by atoms with Gasteiger partial charge in [-0.3, -0.25) is 4.79 Å². The molecule has 0 aliphatic carbocycles. The van der Waals surface area contributed by atoms with Gasteiger partial charge < -0.3 is 10.6 Å². The summed E-state index contributed by atoms with van der Waals surface area (Å²) in [5, 5.41) is 0. The average Bonchev–Trinajstić information content (AvgIpc) is 2.44. The predicted molar refractivity (Wildman–Crippen MR) is 81.3 cm³/mol. The van der Waals surface area contributed by atoms with Crippen molar-refractivity contribution in [3.05, 3.63) is 35.1 Å². The Morgan fingerprint density at radius 1 is 1.48 bits per heavy atom. The first-order chi connectivity index (χ1) is 9.93. The average molecular weight is 288 g/mol. The van der Waals surface area contributed by atoms with Crippen molar-refractivity contribution >= 4 is 5.91 Å². The minimum absolute atomic E-state index is 0.111. The van der Waals surface area contributed by atoms with Gasteiger partial charge in [0.25, 0.3) is 5.91 Å². The lowest BCUT2D eigenvalue weighted by atomic mass is 9.84. The number of nitrogens with two attached hydrogens (primary N) is 1. The van der Waals surface area contributed by atoms with Gasteiger partial charge in [-0.2, -0.15) is 0 Å². The molecule has 0 radical (unpaired) electrons. The Labute approximate surface area is 125 Å². The molecule has 1 heterocycles. The third-order valence-electron chi connectivity index (χ3n) is 3.73. The molecule has 112 valence electrons. The Kier molecular flexibility index (Phi) is 4.64. The molecule has 0 unspecified atom stereocenters. The standard InChI is InChI=1S/C17H21FN2O/c1-17(2)8-4-10-20(12-17)16(21)14-7-6-13(5-3-9-19)15(18)11-14/h6-7,11H,4,8-10,12,19H2,1-2H3. The molecule has 1 aliphatic rings. The summed E-state index contributed by atoms with van der Waals surface area (Å²) in [6.45, 7) is 5.93. The zero-order chi connectivity index (χ0) is 15.5. The van der Waals surface area contributed by atoms with Crippen LogP contribution in [0.25, 0.3) is 0 Å². The zero-order valence-electron chi connectivity index (χ0n) is 12.6. The van der Waals surface area contributed by atoms with Crippen LogP contribution in [0.4, 0.5) is 4.39 Å². The lowest BCUT2D eigenvalue weighted by molar-refractivity contribution is 0.0583. The number of hydrogen-bond acceptors (Lipinski definition) is 2. The maximum absolute atomic E-state index is 13.9. The Morgan fingerprint density at radius 2 is 2.24 bits per heavy atom. The van der Waals surface area contributed by atoms with Crippen LogP contribution in [0.1, 0.15) is 42.6 Å². The van der Waals surface area contributed by atoms with E-state index < -0.39 is 5.82 Å². The second-order valence-corrected chi connectivity index (χ2v) is 6.20. The van der Waals surface area contributed by atoms with Crippen LogP contribution in [-0.4, -0.2) is 30.4 Å². The highest BCUT2D eigenvalue weighted by Crippen LogP contribution is 2.29. The van der Waals surface area contributed by atoms with Crippen molar-refractivity contribution in [2.24, 2.45) is 11.1 Å². The van der Waals surface area contributed by atoms with Crippen molar-refractivity contribution in [1.29, 1.82) is 0 Å². The number of piperidine rings is 1. The van der Waals surface area contributed by atoms with E-state index in [1.54, 1.807) is 12.1 Å². The molecule has 1 aliphatic heterocycles.